The molecule has 0 atom stereocenters. The molecule has 0 unspecified atom stereocenters. The van der Waals surface area contributed by atoms with Gasteiger partial charge >= 0.3 is 0 Å². The van der Waals surface area contributed by atoms with Gasteiger partial charge in [0.2, 0.25) is 0 Å². The quantitative estimate of drug-likeness (QED) is 0.460. The zero-order chi connectivity index (χ0) is 11.7. The first-order valence-electron chi connectivity index (χ1n) is 4.86. The summed E-state index contributed by atoms with van der Waals surface area (Å²) >= 11 is 0. The highest BCUT2D eigenvalue weighted by molar-refractivity contribution is 5.96. The summed E-state index contributed by atoms with van der Waals surface area (Å²) in [6, 6.07) is 0. The lowest BCUT2D eigenvalue weighted by atomic mass is 9.97. The highest BCUT2D eigenvalue weighted by Crippen LogP contribution is 2.39. The molecule has 0 radical (unpaired) electrons. The maximum atomic E-state index is 5.86. The first-order chi connectivity index (χ1) is 6.86. The molecule has 84 valence electrons. The van der Waals surface area contributed by atoms with Gasteiger partial charge in [0.1, 0.15) is 0 Å². The fourth-order valence-corrected chi connectivity index (χ4v) is 1.53. The average Bonchev–Trinajstić information content (AvgIpc) is 2.18. The van der Waals surface area contributed by atoms with Crippen LogP contribution in [0.3, 0.4) is 0 Å². The molecule has 1 aromatic rings. The lowest BCUT2D eigenvalue weighted by molar-refractivity contribution is 0.650. The van der Waals surface area contributed by atoms with Gasteiger partial charge in [-0.25, -0.2) is 0 Å². The highest BCUT2D eigenvalue weighted by Gasteiger charge is 2.16. The van der Waals surface area contributed by atoms with Gasteiger partial charge in [-0.15, -0.1) is 0 Å². The zero-order valence-electron chi connectivity index (χ0n) is 9.17. The third kappa shape index (κ3) is 1.86. The maximum Gasteiger partial charge on any atom is 0.0824 e. The molecule has 5 nitrogen and oxygen atoms in total. The summed E-state index contributed by atoms with van der Waals surface area (Å²) in [7, 11) is 0. The third-order valence-electron chi connectivity index (χ3n) is 2.42. The minimum absolute atomic E-state index is 0.275. The van der Waals surface area contributed by atoms with Gasteiger partial charge in [-0.1, -0.05) is 13.8 Å². The Morgan fingerprint density at radius 1 is 0.733 bits per heavy atom. The van der Waals surface area contributed by atoms with Crippen molar-refractivity contribution in [3.63, 3.8) is 0 Å². The molecule has 0 heterocycles. The predicted octanol–water partition coefficient (Wildman–Crippen LogP) is 0.796. The molecule has 0 aromatic heterocycles. The summed E-state index contributed by atoms with van der Waals surface area (Å²) in [6.07, 6.45) is 0.742. The Morgan fingerprint density at radius 3 is 1.40 bits per heavy atom. The number of anilines is 5. The number of hydrogen-bond acceptors (Lipinski definition) is 5. The monoisotopic (exact) mass is 209 g/mol. The van der Waals surface area contributed by atoms with Crippen LogP contribution in [0.25, 0.3) is 0 Å². The minimum atomic E-state index is 0.275. The van der Waals surface area contributed by atoms with E-state index < -0.39 is 0 Å². The van der Waals surface area contributed by atoms with Crippen LogP contribution >= 0.6 is 0 Å². The van der Waals surface area contributed by atoms with Crippen molar-refractivity contribution in [1.82, 2.24) is 0 Å². The van der Waals surface area contributed by atoms with Crippen LogP contribution in [0.15, 0.2) is 0 Å². The molecule has 0 saturated carbocycles. The average molecular weight is 209 g/mol. The molecule has 0 fully saturated rings. The number of nitrogen functional groups attached to an aromatic ring is 5. The molecule has 0 bridgehead atoms. The molecule has 1 rings (SSSR count). The fraction of sp³-hybridized carbons (Fsp3) is 0.400. The Hall–Kier alpha value is -1.78. The number of benzene rings is 1. The van der Waals surface area contributed by atoms with E-state index in [0.29, 0.717) is 28.7 Å². The first-order valence-corrected chi connectivity index (χ1v) is 4.86. The summed E-state index contributed by atoms with van der Waals surface area (Å²) in [5, 5.41) is 0. The van der Waals surface area contributed by atoms with Crippen LogP contribution in [0.2, 0.25) is 0 Å². The molecule has 1 aromatic carbocycles. The summed E-state index contributed by atoms with van der Waals surface area (Å²) in [5.41, 5.74) is 31.5. The molecule has 5 heteroatoms. The van der Waals surface area contributed by atoms with Gasteiger partial charge in [0, 0.05) is 5.56 Å². The third-order valence-corrected chi connectivity index (χ3v) is 2.42. The van der Waals surface area contributed by atoms with Gasteiger partial charge in [0.25, 0.3) is 0 Å². The summed E-state index contributed by atoms with van der Waals surface area (Å²) in [4.78, 5) is 0. The Morgan fingerprint density at radius 2 is 1.07 bits per heavy atom. The van der Waals surface area contributed by atoms with Gasteiger partial charge in [0.15, 0.2) is 0 Å². The Labute approximate surface area is 89.6 Å². The number of nitrogens with two attached hydrogens (primary N) is 5. The van der Waals surface area contributed by atoms with E-state index >= 15 is 0 Å². The van der Waals surface area contributed by atoms with E-state index in [1.807, 2.05) is 0 Å². The van der Waals surface area contributed by atoms with Crippen LogP contribution in [0.5, 0.6) is 0 Å². The van der Waals surface area contributed by atoms with E-state index in [1.54, 1.807) is 0 Å². The topological polar surface area (TPSA) is 130 Å². The van der Waals surface area contributed by atoms with Crippen molar-refractivity contribution in [3.05, 3.63) is 5.56 Å². The normalized spacial score (nSPS) is 10.9. The minimum Gasteiger partial charge on any atom is -0.397 e. The smallest absolute Gasteiger partial charge is 0.0824 e. The van der Waals surface area contributed by atoms with E-state index in [9.17, 15) is 0 Å². The molecule has 0 aliphatic carbocycles. The van der Waals surface area contributed by atoms with E-state index in [4.69, 9.17) is 28.7 Å². The Kier molecular flexibility index (Phi) is 2.83. The first kappa shape index (κ1) is 11.3. The van der Waals surface area contributed by atoms with Crippen LogP contribution in [-0.2, 0) is 6.42 Å². The predicted molar refractivity (Wildman–Crippen MR) is 67.0 cm³/mol. The molecular weight excluding hydrogens is 190 g/mol. The molecule has 0 aliphatic rings. The lowest BCUT2D eigenvalue weighted by Gasteiger charge is -2.17. The number of hydrogen-bond donors (Lipinski definition) is 5. The maximum absolute atomic E-state index is 5.86. The largest absolute Gasteiger partial charge is 0.397 e. The molecule has 0 spiro atoms. The fourth-order valence-electron chi connectivity index (χ4n) is 1.53. The highest BCUT2D eigenvalue weighted by atomic mass is 14.8. The van der Waals surface area contributed by atoms with Crippen LogP contribution in [0.4, 0.5) is 28.4 Å². The molecular formula is C10H19N5. The van der Waals surface area contributed by atoms with Gasteiger partial charge in [-0.2, -0.15) is 0 Å². The van der Waals surface area contributed by atoms with Crippen molar-refractivity contribution in [2.24, 2.45) is 5.92 Å². The van der Waals surface area contributed by atoms with Crippen LogP contribution in [0, 0.1) is 5.92 Å². The molecule has 0 saturated heterocycles. The molecule has 15 heavy (non-hydrogen) atoms. The van der Waals surface area contributed by atoms with Gasteiger partial charge in [-0.3, -0.25) is 0 Å². The van der Waals surface area contributed by atoms with Crippen LogP contribution in [-0.4, -0.2) is 0 Å². The van der Waals surface area contributed by atoms with Crippen LogP contribution in [0.1, 0.15) is 19.4 Å². The second-order valence-electron chi connectivity index (χ2n) is 4.14. The molecule has 0 aliphatic heterocycles. The van der Waals surface area contributed by atoms with Crippen LogP contribution < -0.4 is 28.7 Å². The van der Waals surface area contributed by atoms with Crippen molar-refractivity contribution in [3.8, 4) is 0 Å². The van der Waals surface area contributed by atoms with E-state index in [-0.39, 0.29) is 5.69 Å². The van der Waals surface area contributed by atoms with Gasteiger partial charge < -0.3 is 28.7 Å². The van der Waals surface area contributed by atoms with E-state index in [1.165, 1.54) is 0 Å². The van der Waals surface area contributed by atoms with Gasteiger partial charge in [-0.05, 0) is 12.3 Å². The van der Waals surface area contributed by atoms with Crippen molar-refractivity contribution >= 4 is 28.4 Å². The summed E-state index contributed by atoms with van der Waals surface area (Å²) in [6.45, 7) is 4.14. The van der Waals surface area contributed by atoms with Crippen molar-refractivity contribution in [2.45, 2.75) is 20.3 Å². The summed E-state index contributed by atoms with van der Waals surface area (Å²) in [5.74, 6) is 0.428. The number of rotatable bonds is 2. The standard InChI is InChI=1S/C10H19N5/c1-4(2)3-5-6(11)8(13)10(15)9(14)7(5)12/h4H,3,11-15H2,1-2H3. The Balaban J connectivity index is 3.39. The molecule has 10 N–H and O–H groups in total. The second-order valence-corrected chi connectivity index (χ2v) is 4.14. The Bertz CT molecular complexity index is 355. The van der Waals surface area contributed by atoms with Crippen molar-refractivity contribution in [1.29, 1.82) is 0 Å². The van der Waals surface area contributed by atoms with Crippen molar-refractivity contribution in [2.75, 3.05) is 28.7 Å². The lowest BCUT2D eigenvalue weighted by Crippen LogP contribution is -2.12. The van der Waals surface area contributed by atoms with E-state index in [2.05, 4.69) is 13.8 Å². The SMILES string of the molecule is CC(C)Cc1c(N)c(N)c(N)c(N)c1N. The zero-order valence-corrected chi connectivity index (χ0v) is 9.17. The molecule has 0 amide bonds. The second kappa shape index (κ2) is 3.76. The van der Waals surface area contributed by atoms with E-state index in [0.717, 1.165) is 12.0 Å². The van der Waals surface area contributed by atoms with Crippen molar-refractivity contribution < 1.29 is 0 Å². The summed E-state index contributed by atoms with van der Waals surface area (Å²) < 4.78 is 0. The van der Waals surface area contributed by atoms with Gasteiger partial charge in [0.05, 0.1) is 28.4 Å².